The van der Waals surface area contributed by atoms with Crippen molar-refractivity contribution in [2.75, 3.05) is 0 Å². The Bertz CT molecular complexity index is 435. The van der Waals surface area contributed by atoms with Gasteiger partial charge in [0.1, 0.15) is 12.4 Å². The summed E-state index contributed by atoms with van der Waals surface area (Å²) < 4.78 is 18.3. The highest BCUT2D eigenvalue weighted by atomic mass is 19.1. The molecule has 0 spiro atoms. The van der Waals surface area contributed by atoms with E-state index in [0.717, 1.165) is 6.07 Å². The van der Waals surface area contributed by atoms with Gasteiger partial charge in [-0.1, -0.05) is 6.07 Å². The van der Waals surface area contributed by atoms with Crippen molar-refractivity contribution in [2.24, 2.45) is 4.99 Å². The summed E-state index contributed by atoms with van der Waals surface area (Å²) in [6.45, 7) is 6.66. The molecule has 0 aliphatic carbocycles. The third-order valence-corrected chi connectivity index (χ3v) is 1.75. The Morgan fingerprint density at radius 2 is 2.33 bits per heavy atom. The number of hydrogen-bond acceptors (Lipinski definition) is 3. The van der Waals surface area contributed by atoms with E-state index >= 15 is 0 Å². The number of nitriles is 1. The van der Waals surface area contributed by atoms with E-state index in [0.29, 0.717) is 5.56 Å². The van der Waals surface area contributed by atoms with Gasteiger partial charge < -0.3 is 4.74 Å². The lowest BCUT2D eigenvalue weighted by Gasteiger charge is -2.05. The maximum absolute atomic E-state index is 13.3. The highest BCUT2D eigenvalue weighted by Gasteiger charge is 2.04. The molecule has 0 N–H and O–H groups in total. The lowest BCUT2D eigenvalue weighted by molar-refractivity contribution is 0.195. The van der Waals surface area contributed by atoms with Crippen LogP contribution in [-0.4, -0.2) is 6.72 Å². The molecule has 0 saturated heterocycles. The third-order valence-electron chi connectivity index (χ3n) is 1.75. The van der Waals surface area contributed by atoms with Crippen LogP contribution in [0.4, 0.5) is 4.39 Å². The van der Waals surface area contributed by atoms with E-state index in [2.05, 4.69) is 18.3 Å². The number of nitrogens with zero attached hydrogens (tertiary/aromatic N) is 2. The van der Waals surface area contributed by atoms with Gasteiger partial charge in [-0.05, 0) is 25.4 Å². The van der Waals surface area contributed by atoms with Crippen LogP contribution < -0.4 is 0 Å². The molecule has 3 nitrogen and oxygen atoms in total. The second kappa shape index (κ2) is 4.91. The third kappa shape index (κ3) is 2.92. The monoisotopic (exact) mass is 204 g/mol. The average Bonchev–Trinajstić information content (AvgIpc) is 2.26. The molecule has 0 atom stereocenters. The van der Waals surface area contributed by atoms with Gasteiger partial charge >= 0.3 is 0 Å². The van der Waals surface area contributed by atoms with Crippen LogP contribution in [0.3, 0.4) is 0 Å². The first kappa shape index (κ1) is 10.9. The second-order valence-electron chi connectivity index (χ2n) is 2.76. The Morgan fingerprint density at radius 3 is 2.87 bits per heavy atom. The van der Waals surface area contributed by atoms with Gasteiger partial charge in [-0.25, -0.2) is 9.38 Å². The van der Waals surface area contributed by atoms with Gasteiger partial charge in [-0.2, -0.15) is 5.26 Å². The van der Waals surface area contributed by atoms with Crippen LogP contribution in [0.5, 0.6) is 0 Å². The number of aliphatic imine (C=N–C) groups is 1. The second-order valence-corrected chi connectivity index (χ2v) is 2.76. The highest BCUT2D eigenvalue weighted by molar-refractivity contribution is 5.32. The number of benzene rings is 1. The van der Waals surface area contributed by atoms with E-state index in [1.807, 2.05) is 6.07 Å². The predicted octanol–water partition coefficient (Wildman–Crippen LogP) is 2.39. The summed E-state index contributed by atoms with van der Waals surface area (Å²) in [6.07, 6.45) is 0. The fourth-order valence-corrected chi connectivity index (χ4v) is 0.941. The van der Waals surface area contributed by atoms with Crippen LogP contribution in [0, 0.1) is 17.1 Å². The van der Waals surface area contributed by atoms with Gasteiger partial charge in [0.25, 0.3) is 0 Å². The maximum atomic E-state index is 13.3. The highest BCUT2D eigenvalue weighted by Crippen LogP contribution is 2.12. The van der Waals surface area contributed by atoms with E-state index in [4.69, 9.17) is 10.00 Å². The van der Waals surface area contributed by atoms with Gasteiger partial charge in [0.05, 0.1) is 11.6 Å². The van der Waals surface area contributed by atoms with Crippen LogP contribution in [0.2, 0.25) is 0 Å². The van der Waals surface area contributed by atoms with Crippen molar-refractivity contribution in [2.45, 2.75) is 6.61 Å². The number of hydrogen-bond donors (Lipinski definition) is 0. The molecule has 0 unspecified atom stereocenters. The van der Waals surface area contributed by atoms with Crippen molar-refractivity contribution in [3.8, 4) is 6.07 Å². The first-order valence-corrected chi connectivity index (χ1v) is 4.14. The van der Waals surface area contributed by atoms with Crippen LogP contribution in [0.1, 0.15) is 11.1 Å². The van der Waals surface area contributed by atoms with Crippen LogP contribution >= 0.6 is 0 Å². The van der Waals surface area contributed by atoms with Crippen molar-refractivity contribution in [3.63, 3.8) is 0 Å². The summed E-state index contributed by atoms with van der Waals surface area (Å²) in [5, 5.41) is 8.52. The van der Waals surface area contributed by atoms with Crippen LogP contribution in [0.15, 0.2) is 35.7 Å². The topological polar surface area (TPSA) is 45.4 Å². The maximum Gasteiger partial charge on any atom is 0.205 e. The molecule has 0 aromatic heterocycles. The largest absolute Gasteiger partial charge is 0.473 e. The SMILES string of the molecule is C=NC(=C)OCc1ccc(C#N)cc1F. The average molecular weight is 204 g/mol. The van der Waals surface area contributed by atoms with Crippen molar-refractivity contribution in [1.82, 2.24) is 0 Å². The molecule has 15 heavy (non-hydrogen) atoms. The van der Waals surface area contributed by atoms with Gasteiger partial charge in [-0.3, -0.25) is 0 Å². The minimum atomic E-state index is -0.481. The van der Waals surface area contributed by atoms with Gasteiger partial charge in [0.15, 0.2) is 0 Å². The van der Waals surface area contributed by atoms with Gasteiger partial charge in [-0.15, -0.1) is 0 Å². The van der Waals surface area contributed by atoms with Crippen molar-refractivity contribution in [3.05, 3.63) is 47.6 Å². The Kier molecular flexibility index (Phi) is 3.58. The Balaban J connectivity index is 2.75. The van der Waals surface area contributed by atoms with Crippen molar-refractivity contribution in [1.29, 1.82) is 5.26 Å². The lowest BCUT2D eigenvalue weighted by atomic mass is 10.1. The molecule has 1 aromatic rings. The summed E-state index contributed by atoms with van der Waals surface area (Å²) >= 11 is 0. The quantitative estimate of drug-likeness (QED) is 0.558. The zero-order chi connectivity index (χ0) is 11.3. The number of halogens is 1. The first-order valence-electron chi connectivity index (χ1n) is 4.14. The van der Waals surface area contributed by atoms with Crippen LogP contribution in [0.25, 0.3) is 0 Å². The van der Waals surface area contributed by atoms with Crippen molar-refractivity contribution >= 4 is 6.72 Å². The van der Waals surface area contributed by atoms with E-state index in [1.165, 1.54) is 12.1 Å². The molecule has 0 fully saturated rings. The lowest BCUT2D eigenvalue weighted by Crippen LogP contribution is -1.95. The Hall–Kier alpha value is -2.15. The van der Waals surface area contributed by atoms with E-state index < -0.39 is 5.82 Å². The number of rotatable bonds is 4. The molecular formula is C11H9FN2O. The fraction of sp³-hybridized carbons (Fsp3) is 0.0909. The zero-order valence-corrected chi connectivity index (χ0v) is 8.03. The minimum absolute atomic E-state index is 0.0232. The minimum Gasteiger partial charge on any atom is -0.473 e. The smallest absolute Gasteiger partial charge is 0.205 e. The molecular weight excluding hydrogens is 195 g/mol. The summed E-state index contributed by atoms with van der Waals surface area (Å²) in [7, 11) is 0. The molecule has 0 amide bonds. The molecule has 4 heteroatoms. The van der Waals surface area contributed by atoms with Crippen molar-refractivity contribution < 1.29 is 9.13 Å². The van der Waals surface area contributed by atoms with E-state index in [1.54, 1.807) is 0 Å². The molecule has 0 bridgehead atoms. The molecule has 0 aliphatic rings. The van der Waals surface area contributed by atoms with E-state index in [-0.39, 0.29) is 18.1 Å². The number of ether oxygens (including phenoxy) is 1. The van der Waals surface area contributed by atoms with E-state index in [9.17, 15) is 4.39 Å². The molecule has 1 rings (SSSR count). The molecule has 0 aliphatic heterocycles. The standard InChI is InChI=1S/C11H9FN2O/c1-8(14-2)15-7-10-4-3-9(6-13)5-11(10)12/h3-5H,1-2,7H2. The molecule has 1 aromatic carbocycles. The summed E-state index contributed by atoms with van der Waals surface area (Å²) in [5.74, 6) is -0.343. The molecule has 76 valence electrons. The summed E-state index contributed by atoms with van der Waals surface area (Å²) in [4.78, 5) is 3.43. The first-order chi connectivity index (χ1) is 7.17. The van der Waals surface area contributed by atoms with Crippen LogP contribution in [-0.2, 0) is 11.3 Å². The normalized spacial score (nSPS) is 9.07. The summed E-state index contributed by atoms with van der Waals surface area (Å²) in [5.41, 5.74) is 0.621. The van der Waals surface area contributed by atoms with Gasteiger partial charge in [0, 0.05) is 5.56 Å². The molecule has 0 saturated carbocycles. The zero-order valence-electron chi connectivity index (χ0n) is 8.03. The fourth-order valence-electron chi connectivity index (χ4n) is 0.941. The summed E-state index contributed by atoms with van der Waals surface area (Å²) in [6, 6.07) is 6.01. The Labute approximate surface area is 87.1 Å². The molecule has 0 radical (unpaired) electrons. The molecule has 0 heterocycles. The predicted molar refractivity (Wildman–Crippen MR) is 54.6 cm³/mol. The Morgan fingerprint density at radius 1 is 1.60 bits per heavy atom. The van der Waals surface area contributed by atoms with Gasteiger partial charge in [0.2, 0.25) is 5.88 Å².